The largest absolute Gasteiger partial charge is 0.450 e. The van der Waals surface area contributed by atoms with Crippen LogP contribution in [-0.2, 0) is 4.74 Å². The predicted molar refractivity (Wildman–Crippen MR) is 34.2 cm³/mol. The van der Waals surface area contributed by atoms with Gasteiger partial charge in [-0.15, -0.1) is 0 Å². The van der Waals surface area contributed by atoms with Crippen molar-refractivity contribution in [2.45, 2.75) is 20.8 Å². The van der Waals surface area contributed by atoms with E-state index in [9.17, 15) is 0 Å². The zero-order chi connectivity index (χ0) is 6.62. The van der Waals surface area contributed by atoms with E-state index in [1.54, 1.807) is 7.11 Å². The molecule has 0 N–H and O–H groups in total. The maximum Gasteiger partial charge on any atom is 0.110 e. The predicted octanol–water partition coefficient (Wildman–Crippen LogP) is 1.64. The Balaban J connectivity index is 3.69. The van der Waals surface area contributed by atoms with E-state index in [4.69, 9.17) is 0 Å². The van der Waals surface area contributed by atoms with Gasteiger partial charge in [-0.1, -0.05) is 5.92 Å². The maximum absolute atomic E-state index is 4.56. The topological polar surface area (TPSA) is 9.23 Å². The molecule has 0 aliphatic heterocycles. The summed E-state index contributed by atoms with van der Waals surface area (Å²) in [6, 6.07) is 0. The molecule has 0 saturated carbocycles. The Labute approximate surface area is 51.0 Å². The first kappa shape index (κ1) is 7.36. The molecule has 0 atom stereocenters. The van der Waals surface area contributed by atoms with Gasteiger partial charge in [-0.05, 0) is 20.8 Å². The molecule has 0 heterocycles. The number of hydrogen-bond donors (Lipinski definition) is 0. The van der Waals surface area contributed by atoms with Crippen molar-refractivity contribution in [3.05, 3.63) is 0 Å². The van der Waals surface area contributed by atoms with Crippen LogP contribution in [0.2, 0.25) is 0 Å². The van der Waals surface area contributed by atoms with Crippen LogP contribution in [0.5, 0.6) is 0 Å². The second-order valence-electron chi connectivity index (χ2n) is 2.68. The SMILES string of the molecule is COC#CC(C)(C)C. The van der Waals surface area contributed by atoms with Gasteiger partial charge in [0.15, 0.2) is 0 Å². The van der Waals surface area contributed by atoms with Crippen LogP contribution in [0.15, 0.2) is 0 Å². The molecular weight excluding hydrogens is 100 g/mol. The fourth-order valence-electron chi connectivity index (χ4n) is 0.204. The standard InChI is InChI=1S/C7H12O/c1-7(2,3)5-6-8-4/h1-4H3. The molecule has 0 saturated heterocycles. The first-order valence-electron chi connectivity index (χ1n) is 2.61. The van der Waals surface area contributed by atoms with E-state index in [1.165, 1.54) is 0 Å². The van der Waals surface area contributed by atoms with Crippen molar-refractivity contribution in [3.8, 4) is 12.0 Å². The van der Waals surface area contributed by atoms with Crippen LogP contribution in [0.4, 0.5) is 0 Å². The second-order valence-corrected chi connectivity index (χ2v) is 2.68. The first-order valence-corrected chi connectivity index (χ1v) is 2.61. The molecule has 0 aromatic heterocycles. The van der Waals surface area contributed by atoms with E-state index >= 15 is 0 Å². The summed E-state index contributed by atoms with van der Waals surface area (Å²) in [6.45, 7) is 6.12. The molecule has 0 unspecified atom stereocenters. The lowest BCUT2D eigenvalue weighted by Gasteiger charge is -2.05. The third-order valence-electron chi connectivity index (χ3n) is 0.528. The molecule has 1 nitrogen and oxygen atoms in total. The minimum absolute atomic E-state index is 0.0655. The molecule has 0 amide bonds. The van der Waals surface area contributed by atoms with E-state index < -0.39 is 0 Å². The van der Waals surface area contributed by atoms with Gasteiger partial charge < -0.3 is 4.74 Å². The van der Waals surface area contributed by atoms with Gasteiger partial charge >= 0.3 is 0 Å². The zero-order valence-electron chi connectivity index (χ0n) is 5.91. The number of methoxy groups -OCH3 is 1. The van der Waals surface area contributed by atoms with E-state index in [0.29, 0.717) is 0 Å². The van der Waals surface area contributed by atoms with Crippen LogP contribution in [0.1, 0.15) is 20.8 Å². The molecule has 1 heteroatoms. The Morgan fingerprint density at radius 3 is 1.88 bits per heavy atom. The molecule has 0 rings (SSSR count). The van der Waals surface area contributed by atoms with Crippen molar-refractivity contribution in [1.82, 2.24) is 0 Å². The molecule has 46 valence electrons. The Hall–Kier alpha value is -0.640. The van der Waals surface area contributed by atoms with Gasteiger partial charge in [0, 0.05) is 5.41 Å². The normalized spacial score (nSPS) is 9.50. The lowest BCUT2D eigenvalue weighted by atomic mass is 9.99. The fourth-order valence-corrected chi connectivity index (χ4v) is 0.204. The molecule has 0 fully saturated rings. The first-order chi connectivity index (χ1) is 3.56. The molecule has 0 bridgehead atoms. The highest BCUT2D eigenvalue weighted by Gasteiger charge is 2.02. The Bertz CT molecular complexity index is 109. The summed E-state index contributed by atoms with van der Waals surface area (Å²) in [5.41, 5.74) is 0.0655. The average molecular weight is 112 g/mol. The van der Waals surface area contributed by atoms with Crippen molar-refractivity contribution in [3.63, 3.8) is 0 Å². The van der Waals surface area contributed by atoms with E-state index in [-0.39, 0.29) is 5.41 Å². The molecular formula is C7H12O. The van der Waals surface area contributed by atoms with E-state index in [0.717, 1.165) is 0 Å². The van der Waals surface area contributed by atoms with Gasteiger partial charge in [0.1, 0.15) is 6.11 Å². The highest BCUT2D eigenvalue weighted by atomic mass is 16.5. The van der Waals surface area contributed by atoms with Gasteiger partial charge in [0.05, 0.1) is 7.11 Å². The summed E-state index contributed by atoms with van der Waals surface area (Å²) in [6.07, 6.45) is 2.54. The molecule has 0 aromatic carbocycles. The molecule has 0 radical (unpaired) electrons. The third-order valence-corrected chi connectivity index (χ3v) is 0.528. The summed E-state index contributed by atoms with van der Waals surface area (Å²) in [5, 5.41) is 0. The average Bonchev–Trinajstić information content (AvgIpc) is 1.59. The van der Waals surface area contributed by atoms with Gasteiger partial charge in [0.2, 0.25) is 0 Å². The number of hydrogen-bond acceptors (Lipinski definition) is 1. The van der Waals surface area contributed by atoms with Gasteiger partial charge in [-0.2, -0.15) is 0 Å². The van der Waals surface area contributed by atoms with Gasteiger partial charge in [0.25, 0.3) is 0 Å². The summed E-state index contributed by atoms with van der Waals surface area (Å²) >= 11 is 0. The smallest absolute Gasteiger partial charge is 0.110 e. The minimum atomic E-state index is 0.0655. The molecule has 0 aliphatic carbocycles. The van der Waals surface area contributed by atoms with E-state index in [2.05, 4.69) is 16.8 Å². The van der Waals surface area contributed by atoms with Crippen LogP contribution < -0.4 is 0 Å². The van der Waals surface area contributed by atoms with Crippen molar-refractivity contribution in [2.75, 3.05) is 7.11 Å². The maximum atomic E-state index is 4.56. The zero-order valence-corrected chi connectivity index (χ0v) is 5.91. The van der Waals surface area contributed by atoms with Crippen molar-refractivity contribution in [2.24, 2.45) is 5.41 Å². The monoisotopic (exact) mass is 112 g/mol. The quantitative estimate of drug-likeness (QED) is 0.433. The van der Waals surface area contributed by atoms with Crippen LogP contribution in [-0.4, -0.2) is 7.11 Å². The second kappa shape index (κ2) is 2.61. The highest BCUT2D eigenvalue weighted by molar-refractivity contribution is 5.01. The number of rotatable bonds is 0. The van der Waals surface area contributed by atoms with Crippen LogP contribution in [0.3, 0.4) is 0 Å². The lowest BCUT2D eigenvalue weighted by Crippen LogP contribution is -1.99. The summed E-state index contributed by atoms with van der Waals surface area (Å²) in [4.78, 5) is 0. The summed E-state index contributed by atoms with van der Waals surface area (Å²) in [7, 11) is 1.57. The summed E-state index contributed by atoms with van der Waals surface area (Å²) in [5.74, 6) is 2.90. The van der Waals surface area contributed by atoms with Gasteiger partial charge in [-0.25, -0.2) is 0 Å². The molecule has 8 heavy (non-hydrogen) atoms. The highest BCUT2D eigenvalue weighted by Crippen LogP contribution is 2.09. The minimum Gasteiger partial charge on any atom is -0.450 e. The molecule has 0 aliphatic rings. The Morgan fingerprint density at radius 1 is 1.25 bits per heavy atom. The third kappa shape index (κ3) is 5.36. The Kier molecular flexibility index (Phi) is 2.41. The lowest BCUT2D eigenvalue weighted by molar-refractivity contribution is 0.368. The van der Waals surface area contributed by atoms with Gasteiger partial charge in [-0.3, -0.25) is 0 Å². The van der Waals surface area contributed by atoms with E-state index in [1.807, 2.05) is 20.8 Å². The number of ether oxygens (including phenoxy) is 1. The summed E-state index contributed by atoms with van der Waals surface area (Å²) < 4.78 is 4.56. The fraction of sp³-hybridized carbons (Fsp3) is 0.714. The van der Waals surface area contributed by atoms with Crippen molar-refractivity contribution >= 4 is 0 Å². The van der Waals surface area contributed by atoms with Crippen molar-refractivity contribution < 1.29 is 4.74 Å². The molecule has 0 aromatic rings. The van der Waals surface area contributed by atoms with Crippen LogP contribution >= 0.6 is 0 Å². The van der Waals surface area contributed by atoms with Crippen molar-refractivity contribution in [1.29, 1.82) is 0 Å². The molecule has 0 spiro atoms. The van der Waals surface area contributed by atoms with Crippen LogP contribution in [0.25, 0.3) is 0 Å². The van der Waals surface area contributed by atoms with Crippen LogP contribution in [0, 0.1) is 17.4 Å². The Morgan fingerprint density at radius 2 is 1.75 bits per heavy atom.